The minimum Gasteiger partial charge on any atom is -0.496 e. The molecule has 1 N–H and O–H groups in total. The van der Waals surface area contributed by atoms with E-state index in [1.165, 1.54) is 19.3 Å². The van der Waals surface area contributed by atoms with Gasteiger partial charge in [0.1, 0.15) is 5.75 Å². The molecule has 2 rings (SSSR count). The summed E-state index contributed by atoms with van der Waals surface area (Å²) in [5.74, 6) is 0.865. The molecule has 0 spiro atoms. The summed E-state index contributed by atoms with van der Waals surface area (Å²) in [7, 11) is 1.70. The summed E-state index contributed by atoms with van der Waals surface area (Å²) in [6, 6.07) is 6.36. The summed E-state index contributed by atoms with van der Waals surface area (Å²) in [4.78, 5) is 0. The molecule has 118 valence electrons. The SMILES string of the molecule is COc1cccc(Cl)c1CNC1CC(C)(C)CC(C)(C)C1. The van der Waals surface area contributed by atoms with Crippen LogP contribution in [0.2, 0.25) is 5.02 Å². The molecule has 1 saturated carbocycles. The maximum atomic E-state index is 6.32. The van der Waals surface area contributed by atoms with Crippen LogP contribution in [0.15, 0.2) is 18.2 Å². The zero-order valence-electron chi connectivity index (χ0n) is 13.9. The molecular weight excluding hydrogens is 282 g/mol. The maximum Gasteiger partial charge on any atom is 0.124 e. The number of rotatable bonds is 4. The first-order valence-electron chi connectivity index (χ1n) is 7.77. The summed E-state index contributed by atoms with van der Waals surface area (Å²) in [5, 5.41) is 4.47. The van der Waals surface area contributed by atoms with Gasteiger partial charge in [0.2, 0.25) is 0 Å². The van der Waals surface area contributed by atoms with Crippen molar-refractivity contribution in [2.45, 2.75) is 59.5 Å². The largest absolute Gasteiger partial charge is 0.496 e. The van der Waals surface area contributed by atoms with Crippen LogP contribution in [0.5, 0.6) is 5.75 Å². The van der Waals surface area contributed by atoms with Crippen molar-refractivity contribution in [3.8, 4) is 5.75 Å². The van der Waals surface area contributed by atoms with E-state index in [1.54, 1.807) is 7.11 Å². The van der Waals surface area contributed by atoms with E-state index in [0.717, 1.165) is 22.9 Å². The van der Waals surface area contributed by atoms with Crippen LogP contribution in [0.3, 0.4) is 0 Å². The second-order valence-corrected chi connectivity index (χ2v) is 8.32. The van der Waals surface area contributed by atoms with Crippen LogP contribution in [0.4, 0.5) is 0 Å². The lowest BCUT2D eigenvalue weighted by molar-refractivity contribution is 0.0844. The van der Waals surface area contributed by atoms with Gasteiger partial charge in [0.25, 0.3) is 0 Å². The predicted octanol–water partition coefficient (Wildman–Crippen LogP) is 5.04. The minimum absolute atomic E-state index is 0.393. The smallest absolute Gasteiger partial charge is 0.124 e. The van der Waals surface area contributed by atoms with Crippen LogP contribution in [0.1, 0.15) is 52.5 Å². The molecule has 0 unspecified atom stereocenters. The van der Waals surface area contributed by atoms with Gasteiger partial charge >= 0.3 is 0 Å². The molecule has 0 aromatic heterocycles. The van der Waals surface area contributed by atoms with Crippen LogP contribution in [-0.2, 0) is 6.54 Å². The molecule has 1 fully saturated rings. The maximum absolute atomic E-state index is 6.32. The molecule has 0 radical (unpaired) electrons. The molecule has 3 heteroatoms. The third-order valence-corrected chi connectivity index (χ3v) is 4.77. The van der Waals surface area contributed by atoms with Crippen molar-refractivity contribution in [2.24, 2.45) is 10.8 Å². The fraction of sp³-hybridized carbons (Fsp3) is 0.667. The molecule has 1 aromatic rings. The van der Waals surface area contributed by atoms with Crippen molar-refractivity contribution < 1.29 is 4.74 Å². The van der Waals surface area contributed by atoms with Crippen molar-refractivity contribution in [3.63, 3.8) is 0 Å². The van der Waals surface area contributed by atoms with Crippen molar-refractivity contribution in [1.29, 1.82) is 0 Å². The Morgan fingerprint density at radius 1 is 1.19 bits per heavy atom. The van der Waals surface area contributed by atoms with Gasteiger partial charge in [0, 0.05) is 23.2 Å². The van der Waals surface area contributed by atoms with Crippen LogP contribution in [-0.4, -0.2) is 13.2 Å². The Morgan fingerprint density at radius 2 is 1.81 bits per heavy atom. The monoisotopic (exact) mass is 309 g/mol. The molecule has 1 aromatic carbocycles. The third-order valence-electron chi connectivity index (χ3n) is 4.42. The Balaban J connectivity index is 2.06. The van der Waals surface area contributed by atoms with Crippen LogP contribution >= 0.6 is 11.6 Å². The number of nitrogens with one attached hydrogen (secondary N) is 1. The molecular formula is C18H28ClNO. The number of ether oxygens (including phenoxy) is 1. The van der Waals surface area contributed by atoms with Gasteiger partial charge in [0.15, 0.2) is 0 Å². The van der Waals surface area contributed by atoms with Gasteiger partial charge in [-0.05, 0) is 42.2 Å². The highest BCUT2D eigenvalue weighted by atomic mass is 35.5. The van der Waals surface area contributed by atoms with E-state index < -0.39 is 0 Å². The number of benzene rings is 1. The highest BCUT2D eigenvalue weighted by Crippen LogP contribution is 2.45. The van der Waals surface area contributed by atoms with E-state index in [0.29, 0.717) is 16.9 Å². The zero-order chi connectivity index (χ0) is 15.7. The molecule has 2 nitrogen and oxygen atoms in total. The second-order valence-electron chi connectivity index (χ2n) is 7.91. The van der Waals surface area contributed by atoms with Crippen LogP contribution < -0.4 is 10.1 Å². The highest BCUT2D eigenvalue weighted by Gasteiger charge is 2.38. The summed E-state index contributed by atoms with van der Waals surface area (Å²) in [5.41, 5.74) is 1.84. The lowest BCUT2D eigenvalue weighted by atomic mass is 9.63. The molecule has 0 saturated heterocycles. The lowest BCUT2D eigenvalue weighted by Gasteiger charge is -2.45. The third kappa shape index (κ3) is 4.37. The topological polar surface area (TPSA) is 21.3 Å². The van der Waals surface area contributed by atoms with Crippen molar-refractivity contribution in [3.05, 3.63) is 28.8 Å². The highest BCUT2D eigenvalue weighted by molar-refractivity contribution is 6.31. The van der Waals surface area contributed by atoms with Gasteiger partial charge in [-0.1, -0.05) is 45.4 Å². The van der Waals surface area contributed by atoms with E-state index in [1.807, 2.05) is 18.2 Å². The molecule has 0 aliphatic heterocycles. The van der Waals surface area contributed by atoms with E-state index in [2.05, 4.69) is 33.0 Å². The lowest BCUT2D eigenvalue weighted by Crippen LogP contribution is -2.43. The Labute approximate surface area is 134 Å². The van der Waals surface area contributed by atoms with Gasteiger partial charge in [-0.15, -0.1) is 0 Å². The van der Waals surface area contributed by atoms with Gasteiger partial charge in [-0.2, -0.15) is 0 Å². The van der Waals surface area contributed by atoms with Gasteiger partial charge in [-0.3, -0.25) is 0 Å². The Bertz CT molecular complexity index is 480. The Hall–Kier alpha value is -0.730. The molecule has 0 heterocycles. The number of halogens is 1. The summed E-state index contributed by atoms with van der Waals surface area (Å²) >= 11 is 6.32. The standard InChI is InChI=1S/C18H28ClNO/c1-17(2)9-13(10-18(3,4)12-17)20-11-14-15(19)7-6-8-16(14)21-5/h6-8,13,20H,9-12H2,1-5H3. The predicted molar refractivity (Wildman–Crippen MR) is 90.0 cm³/mol. The summed E-state index contributed by atoms with van der Waals surface area (Å²) < 4.78 is 5.42. The number of hydrogen-bond acceptors (Lipinski definition) is 2. The Morgan fingerprint density at radius 3 is 2.38 bits per heavy atom. The quantitative estimate of drug-likeness (QED) is 0.841. The first-order chi connectivity index (χ1) is 9.72. The van der Waals surface area contributed by atoms with E-state index in [9.17, 15) is 0 Å². The molecule has 0 bridgehead atoms. The summed E-state index contributed by atoms with van der Waals surface area (Å²) in [6.45, 7) is 10.3. The van der Waals surface area contributed by atoms with Gasteiger partial charge in [-0.25, -0.2) is 0 Å². The van der Waals surface area contributed by atoms with Crippen molar-refractivity contribution in [1.82, 2.24) is 5.32 Å². The number of hydrogen-bond donors (Lipinski definition) is 1. The molecule has 1 aliphatic rings. The first-order valence-corrected chi connectivity index (χ1v) is 8.15. The molecule has 0 amide bonds. The van der Waals surface area contributed by atoms with E-state index in [-0.39, 0.29) is 0 Å². The second kappa shape index (κ2) is 6.18. The molecule has 21 heavy (non-hydrogen) atoms. The van der Waals surface area contributed by atoms with Gasteiger partial charge < -0.3 is 10.1 Å². The van der Waals surface area contributed by atoms with Crippen molar-refractivity contribution in [2.75, 3.05) is 7.11 Å². The molecule has 1 aliphatic carbocycles. The van der Waals surface area contributed by atoms with Crippen LogP contribution in [0, 0.1) is 10.8 Å². The number of methoxy groups -OCH3 is 1. The van der Waals surface area contributed by atoms with Crippen molar-refractivity contribution >= 4 is 11.6 Å². The van der Waals surface area contributed by atoms with Gasteiger partial charge in [0.05, 0.1) is 7.11 Å². The zero-order valence-corrected chi connectivity index (χ0v) is 14.7. The van der Waals surface area contributed by atoms with E-state index >= 15 is 0 Å². The normalized spacial score (nSPS) is 21.2. The average molecular weight is 310 g/mol. The summed E-state index contributed by atoms with van der Waals surface area (Å²) in [6.07, 6.45) is 3.71. The van der Waals surface area contributed by atoms with Crippen LogP contribution in [0.25, 0.3) is 0 Å². The molecule has 0 atom stereocenters. The first kappa shape index (κ1) is 16.6. The fourth-order valence-electron chi connectivity index (χ4n) is 4.14. The average Bonchev–Trinajstić information content (AvgIpc) is 2.33. The minimum atomic E-state index is 0.393. The Kier molecular flexibility index (Phi) is 4.89. The van der Waals surface area contributed by atoms with E-state index in [4.69, 9.17) is 16.3 Å². The fourth-order valence-corrected chi connectivity index (χ4v) is 4.37.